The van der Waals surface area contributed by atoms with Crippen LogP contribution >= 0.6 is 0 Å². The van der Waals surface area contributed by atoms with Gasteiger partial charge in [0, 0.05) is 19.8 Å². The smallest absolute Gasteiger partial charge is 0.0361 e. The van der Waals surface area contributed by atoms with Crippen molar-refractivity contribution in [1.29, 1.82) is 0 Å². The highest BCUT2D eigenvalue weighted by atomic mass is 15.1. The Kier molecular flexibility index (Phi) is 7.62. The fourth-order valence-electron chi connectivity index (χ4n) is 2.44. The first-order chi connectivity index (χ1) is 9.13. The van der Waals surface area contributed by atoms with Crippen LogP contribution in [0.2, 0.25) is 0 Å². The van der Waals surface area contributed by atoms with Crippen LogP contribution in [0.4, 0.5) is 5.69 Å². The van der Waals surface area contributed by atoms with E-state index in [1.165, 1.54) is 56.2 Å². The molecule has 1 rings (SSSR count). The van der Waals surface area contributed by atoms with E-state index in [2.05, 4.69) is 57.1 Å². The van der Waals surface area contributed by atoms with Gasteiger partial charge < -0.3 is 4.90 Å². The molecule has 0 heterocycles. The Labute approximate surface area is 120 Å². The molecule has 0 saturated carbocycles. The third kappa shape index (κ3) is 6.66. The summed E-state index contributed by atoms with van der Waals surface area (Å²) in [7, 11) is 4.18. The van der Waals surface area contributed by atoms with Crippen LogP contribution < -0.4 is 4.90 Å². The van der Waals surface area contributed by atoms with E-state index in [9.17, 15) is 0 Å². The van der Waals surface area contributed by atoms with Crippen LogP contribution in [-0.2, 0) is 6.42 Å². The van der Waals surface area contributed by atoms with E-state index in [0.717, 1.165) is 5.92 Å². The summed E-state index contributed by atoms with van der Waals surface area (Å²) in [4.78, 5) is 2.15. The van der Waals surface area contributed by atoms with Gasteiger partial charge in [0.15, 0.2) is 0 Å². The van der Waals surface area contributed by atoms with Gasteiger partial charge in [-0.25, -0.2) is 0 Å². The minimum Gasteiger partial charge on any atom is -0.378 e. The number of benzene rings is 1. The average Bonchev–Trinajstić information content (AvgIpc) is 2.42. The molecule has 0 amide bonds. The van der Waals surface area contributed by atoms with E-state index in [-0.39, 0.29) is 0 Å². The van der Waals surface area contributed by atoms with Crippen molar-refractivity contribution >= 4 is 5.69 Å². The van der Waals surface area contributed by atoms with Gasteiger partial charge in [-0.15, -0.1) is 0 Å². The summed E-state index contributed by atoms with van der Waals surface area (Å²) in [5.41, 5.74) is 2.77. The maximum absolute atomic E-state index is 2.40. The summed E-state index contributed by atoms with van der Waals surface area (Å²) in [5.74, 6) is 0.866. The van der Waals surface area contributed by atoms with E-state index in [1.807, 2.05) is 0 Å². The van der Waals surface area contributed by atoms with Gasteiger partial charge in [-0.05, 0) is 36.5 Å². The average molecular weight is 261 g/mol. The minimum atomic E-state index is 0.866. The maximum Gasteiger partial charge on any atom is 0.0361 e. The topological polar surface area (TPSA) is 3.24 Å². The van der Waals surface area contributed by atoms with Crippen LogP contribution in [0.15, 0.2) is 24.3 Å². The van der Waals surface area contributed by atoms with E-state index >= 15 is 0 Å². The summed E-state index contributed by atoms with van der Waals surface area (Å²) in [6, 6.07) is 9.00. The molecule has 1 heteroatoms. The Morgan fingerprint density at radius 1 is 0.947 bits per heavy atom. The summed E-state index contributed by atoms with van der Waals surface area (Å²) in [6.45, 7) is 4.68. The minimum absolute atomic E-state index is 0.866. The van der Waals surface area contributed by atoms with Gasteiger partial charge in [0.25, 0.3) is 0 Å². The van der Waals surface area contributed by atoms with E-state index in [0.29, 0.717) is 0 Å². The summed E-state index contributed by atoms with van der Waals surface area (Å²) >= 11 is 0. The first kappa shape index (κ1) is 16.1. The summed E-state index contributed by atoms with van der Waals surface area (Å²) in [6.07, 6.45) is 9.52. The molecule has 0 aliphatic heterocycles. The molecule has 0 spiro atoms. The lowest BCUT2D eigenvalue weighted by Crippen LogP contribution is -2.08. The molecular weight excluding hydrogens is 230 g/mol. The van der Waals surface area contributed by atoms with E-state index in [4.69, 9.17) is 0 Å². The Morgan fingerprint density at radius 2 is 1.63 bits per heavy atom. The fraction of sp³-hybridized carbons (Fsp3) is 0.667. The van der Waals surface area contributed by atoms with Crippen molar-refractivity contribution in [3.05, 3.63) is 29.8 Å². The van der Waals surface area contributed by atoms with Gasteiger partial charge in [-0.3, -0.25) is 0 Å². The molecule has 1 unspecified atom stereocenters. The lowest BCUT2D eigenvalue weighted by Gasteiger charge is -2.14. The number of hydrogen-bond acceptors (Lipinski definition) is 1. The van der Waals surface area contributed by atoms with Crippen LogP contribution in [0.25, 0.3) is 0 Å². The molecule has 0 aliphatic carbocycles. The zero-order valence-electron chi connectivity index (χ0n) is 13.3. The predicted octanol–water partition coefficient (Wildman–Crippen LogP) is 5.29. The van der Waals surface area contributed by atoms with Crippen molar-refractivity contribution in [3.8, 4) is 0 Å². The van der Waals surface area contributed by atoms with Crippen LogP contribution in [-0.4, -0.2) is 14.1 Å². The van der Waals surface area contributed by atoms with Crippen LogP contribution in [0.3, 0.4) is 0 Å². The molecule has 0 fully saturated rings. The lowest BCUT2D eigenvalue weighted by atomic mass is 9.95. The Bertz CT molecular complexity index is 326. The molecule has 1 nitrogen and oxygen atoms in total. The van der Waals surface area contributed by atoms with Crippen molar-refractivity contribution in [1.82, 2.24) is 0 Å². The standard InChI is InChI=1S/C18H31N/c1-5-6-7-8-9-16(2)10-11-17-12-14-18(15-13-17)19(3)4/h12-16H,5-11H2,1-4H3. The quantitative estimate of drug-likeness (QED) is 0.546. The van der Waals surface area contributed by atoms with E-state index < -0.39 is 0 Å². The highest BCUT2D eigenvalue weighted by Gasteiger charge is 2.03. The molecule has 19 heavy (non-hydrogen) atoms. The molecular formula is C18H31N. The third-order valence-electron chi connectivity index (χ3n) is 3.93. The van der Waals surface area contributed by atoms with Crippen LogP contribution in [0.5, 0.6) is 0 Å². The SMILES string of the molecule is CCCCCCC(C)CCc1ccc(N(C)C)cc1. The second kappa shape index (κ2) is 9.01. The first-order valence-electron chi connectivity index (χ1n) is 7.89. The van der Waals surface area contributed by atoms with Gasteiger partial charge in [0.1, 0.15) is 0 Å². The fourth-order valence-corrected chi connectivity index (χ4v) is 2.44. The normalized spacial score (nSPS) is 12.4. The Morgan fingerprint density at radius 3 is 2.21 bits per heavy atom. The summed E-state index contributed by atoms with van der Waals surface area (Å²) < 4.78 is 0. The molecule has 0 saturated heterocycles. The van der Waals surface area contributed by atoms with Crippen molar-refractivity contribution in [2.45, 2.75) is 58.8 Å². The lowest BCUT2D eigenvalue weighted by molar-refractivity contribution is 0.460. The molecule has 0 aliphatic rings. The predicted molar refractivity (Wildman–Crippen MR) is 87.0 cm³/mol. The highest BCUT2D eigenvalue weighted by Crippen LogP contribution is 2.18. The highest BCUT2D eigenvalue weighted by molar-refractivity contribution is 5.45. The van der Waals surface area contributed by atoms with Gasteiger partial charge in [-0.2, -0.15) is 0 Å². The monoisotopic (exact) mass is 261 g/mol. The largest absolute Gasteiger partial charge is 0.378 e. The second-order valence-electron chi connectivity index (χ2n) is 6.05. The number of rotatable bonds is 9. The Balaban J connectivity index is 2.24. The number of nitrogens with zero attached hydrogens (tertiary/aromatic N) is 1. The first-order valence-corrected chi connectivity index (χ1v) is 7.89. The van der Waals surface area contributed by atoms with Gasteiger partial charge in [0.05, 0.1) is 0 Å². The van der Waals surface area contributed by atoms with E-state index in [1.54, 1.807) is 0 Å². The molecule has 0 N–H and O–H groups in total. The molecule has 1 atom stereocenters. The van der Waals surface area contributed by atoms with Crippen molar-refractivity contribution in [2.24, 2.45) is 5.92 Å². The van der Waals surface area contributed by atoms with Crippen molar-refractivity contribution in [2.75, 3.05) is 19.0 Å². The van der Waals surface area contributed by atoms with Gasteiger partial charge in [-0.1, -0.05) is 58.1 Å². The number of anilines is 1. The zero-order chi connectivity index (χ0) is 14.1. The molecule has 108 valence electrons. The number of unbranched alkanes of at least 4 members (excludes halogenated alkanes) is 3. The zero-order valence-corrected chi connectivity index (χ0v) is 13.3. The second-order valence-corrected chi connectivity index (χ2v) is 6.05. The molecule has 0 bridgehead atoms. The molecule has 0 aromatic heterocycles. The van der Waals surface area contributed by atoms with Crippen LogP contribution in [0, 0.1) is 5.92 Å². The van der Waals surface area contributed by atoms with Crippen LogP contribution in [0.1, 0.15) is 57.9 Å². The van der Waals surface area contributed by atoms with Gasteiger partial charge >= 0.3 is 0 Å². The third-order valence-corrected chi connectivity index (χ3v) is 3.93. The number of hydrogen-bond donors (Lipinski definition) is 0. The Hall–Kier alpha value is -0.980. The van der Waals surface area contributed by atoms with Crippen molar-refractivity contribution < 1.29 is 0 Å². The van der Waals surface area contributed by atoms with Crippen molar-refractivity contribution in [3.63, 3.8) is 0 Å². The van der Waals surface area contributed by atoms with Gasteiger partial charge in [0.2, 0.25) is 0 Å². The molecule has 1 aromatic rings. The summed E-state index contributed by atoms with van der Waals surface area (Å²) in [5, 5.41) is 0. The molecule has 0 radical (unpaired) electrons. The maximum atomic E-state index is 2.40. The molecule has 1 aromatic carbocycles. The number of aryl methyl sites for hydroxylation is 1.